The monoisotopic (exact) mass is 370 g/mol. The summed E-state index contributed by atoms with van der Waals surface area (Å²) < 4.78 is 14.9. The Morgan fingerprint density at radius 3 is 2.78 bits per heavy atom. The number of hydrogen-bond donors (Lipinski definition) is 1. The molecule has 1 unspecified atom stereocenters. The lowest BCUT2D eigenvalue weighted by atomic mass is 9.98. The van der Waals surface area contributed by atoms with Crippen LogP contribution in [0.3, 0.4) is 0 Å². The first kappa shape index (κ1) is 19.3. The Morgan fingerprint density at radius 1 is 1.33 bits per heavy atom. The molecule has 1 aliphatic heterocycles. The molecule has 2 aromatic rings. The van der Waals surface area contributed by atoms with Crippen molar-refractivity contribution in [3.63, 3.8) is 0 Å². The predicted molar refractivity (Wildman–Crippen MR) is 105 cm³/mol. The van der Waals surface area contributed by atoms with Gasteiger partial charge in [-0.3, -0.25) is 4.79 Å². The minimum Gasteiger partial charge on any atom is -0.339 e. The molecule has 27 heavy (non-hydrogen) atoms. The van der Waals surface area contributed by atoms with Crippen LogP contribution in [0.2, 0.25) is 0 Å². The van der Waals surface area contributed by atoms with E-state index in [1.165, 1.54) is 12.1 Å². The van der Waals surface area contributed by atoms with Crippen molar-refractivity contribution in [1.29, 1.82) is 0 Å². The van der Waals surface area contributed by atoms with Gasteiger partial charge in [-0.2, -0.15) is 5.10 Å². The first-order valence-electron chi connectivity index (χ1n) is 9.43. The summed E-state index contributed by atoms with van der Waals surface area (Å²) in [7, 11) is 1.95. The molecule has 1 saturated heterocycles. The number of nitrogens with one attached hydrogen (secondary N) is 1. The average molecular weight is 370 g/mol. The van der Waals surface area contributed by atoms with Gasteiger partial charge in [0.15, 0.2) is 0 Å². The molecule has 1 amide bonds. The molecule has 6 heteroatoms. The summed E-state index contributed by atoms with van der Waals surface area (Å²) in [4.78, 5) is 14.5. The molecule has 0 spiro atoms. The van der Waals surface area contributed by atoms with Crippen LogP contribution in [0.15, 0.2) is 30.3 Å². The van der Waals surface area contributed by atoms with Crippen LogP contribution >= 0.6 is 0 Å². The Hall–Kier alpha value is -2.47. The fourth-order valence-electron chi connectivity index (χ4n) is 3.71. The molecule has 0 radical (unpaired) electrons. The summed E-state index contributed by atoms with van der Waals surface area (Å²) in [5, 5.41) is 7.75. The van der Waals surface area contributed by atoms with Crippen LogP contribution in [-0.2, 0) is 4.79 Å². The van der Waals surface area contributed by atoms with Crippen molar-refractivity contribution >= 4 is 12.0 Å². The maximum Gasteiger partial charge on any atom is 0.246 e. The molecule has 5 nitrogen and oxygen atoms in total. The third-order valence-electron chi connectivity index (χ3n) is 5.13. The molecule has 2 heterocycles. The third kappa shape index (κ3) is 4.45. The summed E-state index contributed by atoms with van der Waals surface area (Å²) in [6.45, 7) is 6.43. The van der Waals surface area contributed by atoms with Gasteiger partial charge in [0.1, 0.15) is 5.82 Å². The summed E-state index contributed by atoms with van der Waals surface area (Å²) >= 11 is 0. The van der Waals surface area contributed by atoms with E-state index in [1.54, 1.807) is 22.9 Å². The number of piperidine rings is 1. The fraction of sp³-hybridized carbons (Fsp3) is 0.429. The van der Waals surface area contributed by atoms with Crippen LogP contribution in [0.25, 0.3) is 11.8 Å². The first-order chi connectivity index (χ1) is 13.0. The number of amides is 1. The highest BCUT2D eigenvalue weighted by Crippen LogP contribution is 2.20. The van der Waals surface area contributed by atoms with Crippen molar-refractivity contribution in [3.8, 4) is 5.69 Å². The number of benzene rings is 1. The largest absolute Gasteiger partial charge is 0.339 e. The Kier molecular flexibility index (Phi) is 6.06. The van der Waals surface area contributed by atoms with Crippen LogP contribution in [0.1, 0.15) is 29.8 Å². The molecular weight excluding hydrogens is 343 g/mol. The van der Waals surface area contributed by atoms with E-state index in [-0.39, 0.29) is 11.7 Å². The van der Waals surface area contributed by atoms with Crippen LogP contribution in [0.5, 0.6) is 0 Å². The second-order valence-electron chi connectivity index (χ2n) is 7.16. The van der Waals surface area contributed by atoms with Crippen molar-refractivity contribution in [2.45, 2.75) is 26.7 Å². The van der Waals surface area contributed by atoms with E-state index in [1.807, 2.05) is 31.9 Å². The molecule has 144 valence electrons. The molecule has 0 saturated carbocycles. The van der Waals surface area contributed by atoms with E-state index in [0.717, 1.165) is 55.1 Å². The molecule has 1 aliphatic rings. The molecular formula is C21H27FN4O. The fourth-order valence-corrected chi connectivity index (χ4v) is 3.71. The Balaban J connectivity index is 1.75. The lowest BCUT2D eigenvalue weighted by Crippen LogP contribution is -2.41. The smallest absolute Gasteiger partial charge is 0.246 e. The Bertz CT molecular complexity index is 823. The number of carbonyl (C=O) groups excluding carboxylic acids is 1. The number of carbonyl (C=O) groups is 1. The number of hydrogen-bond acceptors (Lipinski definition) is 3. The number of rotatable bonds is 5. The predicted octanol–water partition coefficient (Wildman–Crippen LogP) is 3.10. The van der Waals surface area contributed by atoms with Crippen molar-refractivity contribution in [2.75, 3.05) is 26.7 Å². The summed E-state index contributed by atoms with van der Waals surface area (Å²) in [6, 6.07) is 6.23. The zero-order valence-corrected chi connectivity index (χ0v) is 16.2. The summed E-state index contributed by atoms with van der Waals surface area (Å²) in [6.07, 6.45) is 5.71. The second kappa shape index (κ2) is 8.48. The highest BCUT2D eigenvalue weighted by atomic mass is 19.1. The molecule has 1 aromatic heterocycles. The van der Waals surface area contributed by atoms with E-state index in [2.05, 4.69) is 10.4 Å². The van der Waals surface area contributed by atoms with Gasteiger partial charge < -0.3 is 10.2 Å². The van der Waals surface area contributed by atoms with Crippen LogP contribution < -0.4 is 5.32 Å². The van der Waals surface area contributed by atoms with E-state index in [9.17, 15) is 9.18 Å². The van der Waals surface area contributed by atoms with Crippen molar-refractivity contribution < 1.29 is 9.18 Å². The number of halogens is 1. The van der Waals surface area contributed by atoms with Gasteiger partial charge in [-0.1, -0.05) is 0 Å². The van der Waals surface area contributed by atoms with E-state index >= 15 is 0 Å². The second-order valence-corrected chi connectivity index (χ2v) is 7.16. The van der Waals surface area contributed by atoms with Gasteiger partial charge in [0.05, 0.1) is 11.4 Å². The van der Waals surface area contributed by atoms with E-state index in [0.29, 0.717) is 5.92 Å². The highest BCUT2D eigenvalue weighted by Gasteiger charge is 2.22. The van der Waals surface area contributed by atoms with Gasteiger partial charge in [0.2, 0.25) is 5.91 Å². The summed E-state index contributed by atoms with van der Waals surface area (Å²) in [5.74, 6) is 0.291. The third-order valence-corrected chi connectivity index (χ3v) is 5.13. The maximum absolute atomic E-state index is 13.2. The minimum absolute atomic E-state index is 0.0455. The quantitative estimate of drug-likeness (QED) is 0.823. The number of aromatic nitrogens is 2. The maximum atomic E-state index is 13.2. The SMILES string of the molecule is CNCC1CCCN(C(=O)/C=C/c2c(C)nn(-c3ccc(F)cc3)c2C)C1. The van der Waals surface area contributed by atoms with Gasteiger partial charge in [-0.15, -0.1) is 0 Å². The lowest BCUT2D eigenvalue weighted by Gasteiger charge is -2.32. The highest BCUT2D eigenvalue weighted by molar-refractivity contribution is 5.92. The molecule has 1 N–H and O–H groups in total. The van der Waals surface area contributed by atoms with E-state index in [4.69, 9.17) is 0 Å². The standard InChI is InChI=1S/C21H27FN4O/c1-15-20(16(2)26(24-15)19-8-6-18(22)7-9-19)10-11-21(27)25-12-4-5-17(14-25)13-23-3/h6-11,17,23H,4-5,12-14H2,1-3H3/b11-10+. The van der Waals surface area contributed by atoms with Crippen LogP contribution in [-0.4, -0.2) is 47.3 Å². The van der Waals surface area contributed by atoms with Gasteiger partial charge in [0, 0.05) is 30.4 Å². The first-order valence-corrected chi connectivity index (χ1v) is 9.43. The Labute approximate surface area is 159 Å². The zero-order chi connectivity index (χ0) is 19.4. The number of likely N-dealkylation sites (tertiary alicyclic amines) is 1. The van der Waals surface area contributed by atoms with Crippen LogP contribution in [0.4, 0.5) is 4.39 Å². The topological polar surface area (TPSA) is 50.2 Å². The zero-order valence-electron chi connectivity index (χ0n) is 16.2. The number of aryl methyl sites for hydroxylation is 1. The van der Waals surface area contributed by atoms with E-state index < -0.39 is 0 Å². The number of nitrogens with zero attached hydrogens (tertiary/aromatic N) is 3. The van der Waals surface area contributed by atoms with Gasteiger partial charge in [-0.25, -0.2) is 9.07 Å². The normalized spacial score (nSPS) is 17.6. The van der Waals surface area contributed by atoms with Crippen molar-refractivity contribution in [1.82, 2.24) is 20.0 Å². The average Bonchev–Trinajstić information content (AvgIpc) is 2.95. The lowest BCUT2D eigenvalue weighted by molar-refractivity contribution is -0.127. The van der Waals surface area contributed by atoms with Gasteiger partial charge >= 0.3 is 0 Å². The van der Waals surface area contributed by atoms with Gasteiger partial charge in [-0.05, 0) is 76.5 Å². The van der Waals surface area contributed by atoms with Crippen LogP contribution in [0, 0.1) is 25.6 Å². The minimum atomic E-state index is -0.274. The Morgan fingerprint density at radius 2 is 2.07 bits per heavy atom. The molecule has 3 rings (SSSR count). The molecule has 1 atom stereocenters. The summed E-state index contributed by atoms with van der Waals surface area (Å²) in [5.41, 5.74) is 3.49. The molecule has 1 fully saturated rings. The molecule has 0 bridgehead atoms. The van der Waals surface area contributed by atoms with Crippen molar-refractivity contribution in [2.24, 2.45) is 5.92 Å². The van der Waals surface area contributed by atoms with Gasteiger partial charge in [0.25, 0.3) is 0 Å². The molecule has 1 aromatic carbocycles. The van der Waals surface area contributed by atoms with Crippen molar-refractivity contribution in [3.05, 3.63) is 53.1 Å². The molecule has 0 aliphatic carbocycles.